The summed E-state index contributed by atoms with van der Waals surface area (Å²) in [5, 5.41) is 14.2. The van der Waals surface area contributed by atoms with Crippen LogP contribution >= 0.6 is 11.8 Å². The normalized spacial score (nSPS) is 19.9. The quantitative estimate of drug-likeness (QED) is 0.793. The molecule has 1 aliphatic carbocycles. The third-order valence-electron chi connectivity index (χ3n) is 5.17. The summed E-state index contributed by atoms with van der Waals surface area (Å²) in [6.45, 7) is 4.32. The first kappa shape index (κ1) is 18.7. The summed E-state index contributed by atoms with van der Waals surface area (Å²) in [6, 6.07) is 10.5. The number of pyridine rings is 1. The average molecular weight is 368 g/mol. The summed E-state index contributed by atoms with van der Waals surface area (Å²) < 4.78 is 0. The first-order chi connectivity index (χ1) is 12.6. The molecule has 4 nitrogen and oxygen atoms in total. The molecule has 3 rings (SSSR count). The summed E-state index contributed by atoms with van der Waals surface area (Å²) >= 11 is 1.35. The number of nitriles is 1. The number of fused-ring (bicyclic) bond motifs is 1. The van der Waals surface area contributed by atoms with E-state index in [0.717, 1.165) is 23.7 Å². The maximum Gasteiger partial charge on any atom is 0.230 e. The van der Waals surface area contributed by atoms with Crippen LogP contribution in [0, 0.1) is 17.2 Å². The van der Waals surface area contributed by atoms with Gasteiger partial charge in [0.25, 0.3) is 0 Å². The molecular weight excluding hydrogens is 342 g/mol. The second-order valence-corrected chi connectivity index (χ2v) is 8.02. The minimum absolute atomic E-state index is 0.0286. The predicted molar refractivity (Wildman–Crippen MR) is 106 cm³/mol. The number of nitrogens with one attached hydrogen (secondary N) is 1. The fraction of sp³-hybridized carbons (Fsp3) is 0.476. The zero-order valence-corrected chi connectivity index (χ0v) is 16.2. The Balaban J connectivity index is 1.69. The number of hydrogen-bond donors (Lipinski definition) is 1. The Hall–Kier alpha value is -2.06. The van der Waals surface area contributed by atoms with E-state index < -0.39 is 0 Å². The summed E-state index contributed by atoms with van der Waals surface area (Å²) in [7, 11) is 0. The molecule has 2 aromatic rings. The van der Waals surface area contributed by atoms with Gasteiger partial charge >= 0.3 is 0 Å². The van der Waals surface area contributed by atoms with Crippen LogP contribution in [-0.2, 0) is 11.2 Å². The van der Waals surface area contributed by atoms with Crippen molar-refractivity contribution in [2.75, 3.05) is 5.75 Å². The highest BCUT2D eigenvalue weighted by Gasteiger charge is 2.23. The third kappa shape index (κ3) is 4.37. The van der Waals surface area contributed by atoms with Crippen LogP contribution in [0.2, 0.25) is 0 Å². The molecule has 1 aromatic heterocycles. The Kier molecular flexibility index (Phi) is 6.16. The van der Waals surface area contributed by atoms with Crippen molar-refractivity contribution in [1.82, 2.24) is 10.3 Å². The Bertz CT molecular complexity index is 843. The molecule has 0 saturated heterocycles. The molecule has 0 bridgehead atoms. The average Bonchev–Trinajstić information content (AvgIpc) is 2.67. The van der Waals surface area contributed by atoms with Gasteiger partial charge < -0.3 is 5.32 Å². The second-order valence-electron chi connectivity index (χ2n) is 7.06. The number of aryl methyl sites for hydroxylation is 1. The van der Waals surface area contributed by atoms with E-state index in [-0.39, 0.29) is 11.9 Å². The molecule has 0 radical (unpaired) electrons. The van der Waals surface area contributed by atoms with Crippen LogP contribution in [0.15, 0.2) is 29.3 Å². The number of carbonyl (C=O) groups excluding carboxylic acids is 1. The van der Waals surface area contributed by atoms with E-state index in [4.69, 9.17) is 0 Å². The van der Waals surface area contributed by atoms with Crippen molar-refractivity contribution in [3.8, 4) is 6.07 Å². The molecule has 2 atom stereocenters. The van der Waals surface area contributed by atoms with Gasteiger partial charge in [0.05, 0.1) is 16.8 Å². The summed E-state index contributed by atoms with van der Waals surface area (Å²) in [6.07, 6.45) is 5.65. The van der Waals surface area contributed by atoms with Crippen molar-refractivity contribution in [2.45, 2.75) is 57.0 Å². The minimum atomic E-state index is 0.0286. The zero-order chi connectivity index (χ0) is 18.5. The number of carbonyl (C=O) groups is 1. The molecule has 5 heteroatoms. The highest BCUT2D eigenvalue weighted by Crippen LogP contribution is 2.26. The number of thioether (sulfide) groups is 1. The predicted octanol–water partition coefficient (Wildman–Crippen LogP) is 4.46. The van der Waals surface area contributed by atoms with Gasteiger partial charge in [0.1, 0.15) is 11.1 Å². The standard InChI is InChI=1S/C21H25N3OS/c1-3-15-8-9-19-16(10-15)11-17(12-22)21(24-19)26-13-20(25)23-18-7-5-4-6-14(18)2/h8-11,14,18H,3-7,13H2,1-2H3,(H,23,25)/t14-,18+/m1/s1. The van der Waals surface area contributed by atoms with E-state index >= 15 is 0 Å². The lowest BCUT2D eigenvalue weighted by Gasteiger charge is -2.29. The van der Waals surface area contributed by atoms with E-state index in [9.17, 15) is 10.1 Å². The van der Waals surface area contributed by atoms with Crippen LogP contribution in [0.1, 0.15) is 50.7 Å². The summed E-state index contributed by atoms with van der Waals surface area (Å²) in [5.41, 5.74) is 2.63. The van der Waals surface area contributed by atoms with Crippen molar-refractivity contribution in [3.63, 3.8) is 0 Å². The molecule has 0 spiro atoms. The monoisotopic (exact) mass is 367 g/mol. The molecule has 26 heavy (non-hydrogen) atoms. The van der Waals surface area contributed by atoms with Gasteiger partial charge in [-0.05, 0) is 48.9 Å². The van der Waals surface area contributed by atoms with Crippen molar-refractivity contribution < 1.29 is 4.79 Å². The van der Waals surface area contributed by atoms with Crippen molar-refractivity contribution in [2.24, 2.45) is 5.92 Å². The number of rotatable bonds is 5. The highest BCUT2D eigenvalue weighted by atomic mass is 32.2. The maximum absolute atomic E-state index is 12.3. The molecule has 1 aromatic carbocycles. The summed E-state index contributed by atoms with van der Waals surface area (Å²) in [4.78, 5) is 16.9. The smallest absolute Gasteiger partial charge is 0.230 e. The summed E-state index contributed by atoms with van der Waals surface area (Å²) in [5.74, 6) is 0.864. The van der Waals surface area contributed by atoms with Gasteiger partial charge in [0, 0.05) is 11.4 Å². The van der Waals surface area contributed by atoms with Crippen molar-refractivity contribution in [3.05, 3.63) is 35.4 Å². The van der Waals surface area contributed by atoms with Gasteiger partial charge in [-0.3, -0.25) is 4.79 Å². The number of benzene rings is 1. The van der Waals surface area contributed by atoms with E-state index in [0.29, 0.717) is 22.3 Å². The van der Waals surface area contributed by atoms with Crippen LogP contribution < -0.4 is 5.32 Å². The van der Waals surface area contributed by atoms with Gasteiger partial charge in [-0.15, -0.1) is 0 Å². The van der Waals surface area contributed by atoms with E-state index in [2.05, 4.69) is 42.4 Å². The Labute approximate surface area is 159 Å². The molecule has 1 heterocycles. The molecule has 1 aliphatic rings. The lowest BCUT2D eigenvalue weighted by molar-refractivity contribution is -0.119. The van der Waals surface area contributed by atoms with Crippen molar-refractivity contribution in [1.29, 1.82) is 5.26 Å². The van der Waals surface area contributed by atoms with Crippen LogP contribution in [0.25, 0.3) is 10.9 Å². The lowest BCUT2D eigenvalue weighted by atomic mass is 9.86. The van der Waals surface area contributed by atoms with Gasteiger partial charge in [-0.2, -0.15) is 5.26 Å². The molecule has 1 N–H and O–H groups in total. The number of amides is 1. The molecule has 1 saturated carbocycles. The zero-order valence-electron chi connectivity index (χ0n) is 15.4. The fourth-order valence-corrected chi connectivity index (χ4v) is 4.31. The minimum Gasteiger partial charge on any atom is -0.352 e. The van der Waals surface area contributed by atoms with Crippen LogP contribution in [0.4, 0.5) is 0 Å². The number of nitrogens with zero attached hydrogens (tertiary/aromatic N) is 2. The fourth-order valence-electron chi connectivity index (χ4n) is 3.53. The van der Waals surface area contributed by atoms with Crippen LogP contribution in [0.5, 0.6) is 0 Å². The van der Waals surface area contributed by atoms with Crippen LogP contribution in [-0.4, -0.2) is 22.7 Å². The molecule has 1 amide bonds. The topological polar surface area (TPSA) is 65.8 Å². The maximum atomic E-state index is 12.3. The van der Waals surface area contributed by atoms with E-state index in [1.807, 2.05) is 12.1 Å². The van der Waals surface area contributed by atoms with Crippen LogP contribution in [0.3, 0.4) is 0 Å². The molecule has 136 valence electrons. The number of hydrogen-bond acceptors (Lipinski definition) is 4. The first-order valence-electron chi connectivity index (χ1n) is 9.36. The molecule has 0 aliphatic heterocycles. The largest absolute Gasteiger partial charge is 0.352 e. The van der Waals surface area contributed by atoms with Gasteiger partial charge in [0.2, 0.25) is 5.91 Å². The number of aromatic nitrogens is 1. The Morgan fingerprint density at radius 2 is 2.15 bits per heavy atom. The van der Waals surface area contributed by atoms with Crippen molar-refractivity contribution >= 4 is 28.6 Å². The highest BCUT2D eigenvalue weighted by molar-refractivity contribution is 8.00. The molecule has 0 unspecified atom stereocenters. The third-order valence-corrected chi connectivity index (χ3v) is 6.16. The first-order valence-corrected chi connectivity index (χ1v) is 10.3. The van der Waals surface area contributed by atoms with Gasteiger partial charge in [-0.25, -0.2) is 4.98 Å². The van der Waals surface area contributed by atoms with Gasteiger partial charge in [-0.1, -0.05) is 44.5 Å². The van der Waals surface area contributed by atoms with E-state index in [1.54, 1.807) is 0 Å². The lowest BCUT2D eigenvalue weighted by Crippen LogP contribution is -2.41. The van der Waals surface area contributed by atoms with Gasteiger partial charge in [0.15, 0.2) is 0 Å². The Morgan fingerprint density at radius 1 is 1.35 bits per heavy atom. The van der Waals surface area contributed by atoms with E-state index in [1.165, 1.54) is 36.6 Å². The SMILES string of the molecule is CCc1ccc2nc(SCC(=O)N[C@H]3CCCC[C@H]3C)c(C#N)cc2c1. The second kappa shape index (κ2) is 8.55. The molecular formula is C21H25N3OS. The Morgan fingerprint density at radius 3 is 2.88 bits per heavy atom. The molecule has 1 fully saturated rings.